The van der Waals surface area contributed by atoms with Gasteiger partial charge in [-0.2, -0.15) is 0 Å². The fourth-order valence-corrected chi connectivity index (χ4v) is 2.79. The third kappa shape index (κ3) is 2.21. The molecule has 3 nitrogen and oxygen atoms in total. The van der Waals surface area contributed by atoms with Crippen LogP contribution in [0.25, 0.3) is 22.0 Å². The minimum atomic E-state index is -0.931. The minimum Gasteiger partial charge on any atom is -0.477 e. The SMILES string of the molecule is CC(C)c1cccc2c(-c3ccccc3)c(C(=O)O)[nH]c12. The fraction of sp³-hybridized carbons (Fsp3) is 0.167. The Morgan fingerprint density at radius 3 is 2.38 bits per heavy atom. The van der Waals surface area contributed by atoms with Crippen molar-refractivity contribution in [1.82, 2.24) is 4.98 Å². The Kier molecular flexibility index (Phi) is 3.26. The number of aromatic carboxylic acids is 1. The molecule has 3 aromatic rings. The fourth-order valence-electron chi connectivity index (χ4n) is 2.79. The summed E-state index contributed by atoms with van der Waals surface area (Å²) in [5.41, 5.74) is 3.99. The lowest BCUT2D eigenvalue weighted by Crippen LogP contribution is -1.98. The topological polar surface area (TPSA) is 53.1 Å². The van der Waals surface area contributed by atoms with Crippen LogP contribution >= 0.6 is 0 Å². The Balaban J connectivity index is 2.39. The molecule has 0 saturated heterocycles. The molecule has 1 aromatic heterocycles. The number of aromatic nitrogens is 1. The van der Waals surface area contributed by atoms with Gasteiger partial charge in [0.2, 0.25) is 0 Å². The maximum absolute atomic E-state index is 11.6. The summed E-state index contributed by atoms with van der Waals surface area (Å²) >= 11 is 0. The van der Waals surface area contributed by atoms with Crippen LogP contribution in [-0.2, 0) is 0 Å². The van der Waals surface area contributed by atoms with Gasteiger partial charge in [-0.25, -0.2) is 4.79 Å². The molecule has 0 aliphatic carbocycles. The highest BCUT2D eigenvalue weighted by atomic mass is 16.4. The predicted octanol–water partition coefficient (Wildman–Crippen LogP) is 4.66. The molecule has 0 spiro atoms. The summed E-state index contributed by atoms with van der Waals surface area (Å²) in [6.45, 7) is 4.22. The largest absolute Gasteiger partial charge is 0.477 e. The number of carboxylic acids is 1. The van der Waals surface area contributed by atoms with Crippen molar-refractivity contribution >= 4 is 16.9 Å². The van der Waals surface area contributed by atoms with E-state index in [9.17, 15) is 9.90 Å². The van der Waals surface area contributed by atoms with Crippen molar-refractivity contribution in [1.29, 1.82) is 0 Å². The van der Waals surface area contributed by atoms with Crippen molar-refractivity contribution in [3.8, 4) is 11.1 Å². The van der Waals surface area contributed by atoms with Crippen LogP contribution < -0.4 is 0 Å². The second-order valence-electron chi connectivity index (χ2n) is 5.47. The second-order valence-corrected chi connectivity index (χ2v) is 5.47. The summed E-state index contributed by atoms with van der Waals surface area (Å²) in [5, 5.41) is 10.5. The molecule has 106 valence electrons. The third-order valence-corrected chi connectivity index (χ3v) is 3.76. The number of nitrogens with one attached hydrogen (secondary N) is 1. The van der Waals surface area contributed by atoms with Gasteiger partial charge in [0.25, 0.3) is 0 Å². The molecule has 0 atom stereocenters. The first kappa shape index (κ1) is 13.4. The zero-order valence-corrected chi connectivity index (χ0v) is 12.1. The second kappa shape index (κ2) is 5.09. The van der Waals surface area contributed by atoms with Gasteiger partial charge in [-0.3, -0.25) is 0 Å². The maximum atomic E-state index is 11.6. The molecule has 0 saturated carbocycles. The molecule has 0 amide bonds. The summed E-state index contributed by atoms with van der Waals surface area (Å²) in [5.74, 6) is -0.600. The highest BCUT2D eigenvalue weighted by Crippen LogP contribution is 2.35. The van der Waals surface area contributed by atoms with E-state index in [0.29, 0.717) is 5.92 Å². The molecule has 2 N–H and O–H groups in total. The number of carbonyl (C=O) groups is 1. The molecule has 1 heterocycles. The first-order valence-corrected chi connectivity index (χ1v) is 7.03. The van der Waals surface area contributed by atoms with E-state index < -0.39 is 5.97 Å². The molecule has 0 aliphatic heterocycles. The highest BCUT2D eigenvalue weighted by Gasteiger charge is 2.20. The van der Waals surface area contributed by atoms with E-state index >= 15 is 0 Å². The predicted molar refractivity (Wildman–Crippen MR) is 84.8 cm³/mol. The average molecular weight is 279 g/mol. The Labute approximate surface area is 123 Å². The number of benzene rings is 2. The van der Waals surface area contributed by atoms with Gasteiger partial charge in [0, 0.05) is 10.9 Å². The van der Waals surface area contributed by atoms with Crippen LogP contribution in [0.3, 0.4) is 0 Å². The van der Waals surface area contributed by atoms with Gasteiger partial charge >= 0.3 is 5.97 Å². The van der Waals surface area contributed by atoms with Crippen molar-refractivity contribution < 1.29 is 9.90 Å². The number of carboxylic acid groups (broad SMARTS) is 1. The number of aromatic amines is 1. The average Bonchev–Trinajstić information content (AvgIpc) is 2.87. The lowest BCUT2D eigenvalue weighted by atomic mass is 9.97. The van der Waals surface area contributed by atoms with Gasteiger partial charge in [-0.05, 0) is 17.0 Å². The Hall–Kier alpha value is -2.55. The summed E-state index contributed by atoms with van der Waals surface area (Å²) in [7, 11) is 0. The zero-order chi connectivity index (χ0) is 15.0. The standard InChI is InChI=1S/C18H17NO2/c1-11(2)13-9-6-10-14-15(12-7-4-3-5-8-12)17(18(20)21)19-16(13)14/h3-11,19H,1-2H3,(H,20,21). The van der Waals surface area contributed by atoms with E-state index in [1.54, 1.807) is 0 Å². The summed E-state index contributed by atoms with van der Waals surface area (Å²) in [4.78, 5) is 14.7. The van der Waals surface area contributed by atoms with Crippen LogP contribution in [0, 0.1) is 0 Å². The molecule has 0 fully saturated rings. The van der Waals surface area contributed by atoms with Gasteiger partial charge in [0.05, 0.1) is 5.52 Å². The van der Waals surface area contributed by atoms with E-state index in [0.717, 1.165) is 27.6 Å². The number of para-hydroxylation sites is 1. The Bertz CT molecular complexity index is 801. The molecule has 2 aromatic carbocycles. The molecule has 3 rings (SSSR count). The first-order valence-electron chi connectivity index (χ1n) is 7.03. The summed E-state index contributed by atoms with van der Waals surface area (Å²) in [6.07, 6.45) is 0. The normalized spacial score (nSPS) is 11.2. The van der Waals surface area contributed by atoms with E-state index in [-0.39, 0.29) is 5.69 Å². The van der Waals surface area contributed by atoms with Gasteiger partial charge < -0.3 is 10.1 Å². The molecule has 0 aliphatic rings. The number of rotatable bonds is 3. The van der Waals surface area contributed by atoms with Crippen LogP contribution in [0.4, 0.5) is 0 Å². The van der Waals surface area contributed by atoms with Crippen LogP contribution in [0.1, 0.15) is 35.8 Å². The molecule has 0 radical (unpaired) electrons. The Morgan fingerprint density at radius 1 is 1.05 bits per heavy atom. The molecular formula is C18H17NO2. The lowest BCUT2D eigenvalue weighted by molar-refractivity contribution is 0.0692. The number of hydrogen-bond donors (Lipinski definition) is 2. The quantitative estimate of drug-likeness (QED) is 0.732. The van der Waals surface area contributed by atoms with Gasteiger partial charge in [0.15, 0.2) is 0 Å². The summed E-state index contributed by atoms with van der Waals surface area (Å²) in [6, 6.07) is 15.7. The Morgan fingerprint density at radius 2 is 1.76 bits per heavy atom. The maximum Gasteiger partial charge on any atom is 0.352 e. The minimum absolute atomic E-state index is 0.254. The van der Waals surface area contributed by atoms with E-state index in [2.05, 4.69) is 18.8 Å². The van der Waals surface area contributed by atoms with Crippen LogP contribution in [-0.4, -0.2) is 16.1 Å². The van der Waals surface area contributed by atoms with Crippen molar-refractivity contribution in [2.75, 3.05) is 0 Å². The van der Waals surface area contributed by atoms with Crippen LogP contribution in [0.5, 0.6) is 0 Å². The van der Waals surface area contributed by atoms with E-state index in [1.807, 2.05) is 48.5 Å². The third-order valence-electron chi connectivity index (χ3n) is 3.76. The van der Waals surface area contributed by atoms with Gasteiger partial charge in [0.1, 0.15) is 5.69 Å². The van der Waals surface area contributed by atoms with Crippen molar-refractivity contribution in [2.24, 2.45) is 0 Å². The summed E-state index contributed by atoms with van der Waals surface area (Å²) < 4.78 is 0. The van der Waals surface area contributed by atoms with Gasteiger partial charge in [-0.1, -0.05) is 62.4 Å². The number of hydrogen-bond acceptors (Lipinski definition) is 1. The molecule has 21 heavy (non-hydrogen) atoms. The van der Waals surface area contributed by atoms with E-state index in [4.69, 9.17) is 0 Å². The van der Waals surface area contributed by atoms with Crippen molar-refractivity contribution in [2.45, 2.75) is 19.8 Å². The van der Waals surface area contributed by atoms with Crippen molar-refractivity contribution in [3.05, 3.63) is 59.8 Å². The smallest absolute Gasteiger partial charge is 0.352 e. The number of H-pyrrole nitrogens is 1. The lowest BCUT2D eigenvalue weighted by Gasteiger charge is -2.07. The van der Waals surface area contributed by atoms with E-state index in [1.165, 1.54) is 0 Å². The zero-order valence-electron chi connectivity index (χ0n) is 12.1. The van der Waals surface area contributed by atoms with Gasteiger partial charge in [-0.15, -0.1) is 0 Å². The molecule has 0 bridgehead atoms. The highest BCUT2D eigenvalue weighted by molar-refractivity contribution is 6.08. The number of fused-ring (bicyclic) bond motifs is 1. The van der Waals surface area contributed by atoms with Crippen LogP contribution in [0.2, 0.25) is 0 Å². The first-order chi connectivity index (χ1) is 10.1. The molecular weight excluding hydrogens is 262 g/mol. The van der Waals surface area contributed by atoms with Crippen molar-refractivity contribution in [3.63, 3.8) is 0 Å². The monoisotopic (exact) mass is 279 g/mol. The molecule has 0 unspecified atom stereocenters. The van der Waals surface area contributed by atoms with Crippen LogP contribution in [0.15, 0.2) is 48.5 Å². The molecule has 3 heteroatoms.